The van der Waals surface area contributed by atoms with Gasteiger partial charge in [-0.1, -0.05) is 13.0 Å². The van der Waals surface area contributed by atoms with Gasteiger partial charge in [0.05, 0.1) is 4.90 Å². The van der Waals surface area contributed by atoms with Crippen LogP contribution >= 0.6 is 0 Å². The number of hydrogen-bond donors (Lipinski definition) is 3. The summed E-state index contributed by atoms with van der Waals surface area (Å²) in [5, 5.41) is 2.73. The van der Waals surface area contributed by atoms with Crippen LogP contribution in [0.1, 0.15) is 31.1 Å². The average molecular weight is 313 g/mol. The summed E-state index contributed by atoms with van der Waals surface area (Å²) in [5.74, 6) is -0.139. The van der Waals surface area contributed by atoms with E-state index < -0.39 is 10.0 Å². The van der Waals surface area contributed by atoms with Crippen LogP contribution in [-0.2, 0) is 10.0 Å². The molecule has 0 aliphatic carbocycles. The maximum atomic E-state index is 12.1. The Morgan fingerprint density at radius 2 is 1.95 bits per heavy atom. The lowest BCUT2D eigenvalue weighted by atomic mass is 10.1. The van der Waals surface area contributed by atoms with Crippen molar-refractivity contribution < 1.29 is 13.2 Å². The molecule has 0 saturated carbocycles. The van der Waals surface area contributed by atoms with Gasteiger partial charge in [0.25, 0.3) is 5.91 Å². The fraction of sp³-hybridized carbons (Fsp3) is 0.500. The summed E-state index contributed by atoms with van der Waals surface area (Å²) in [6.45, 7) is 6.34. The maximum absolute atomic E-state index is 12.1. The molecule has 0 bridgehead atoms. The largest absolute Gasteiger partial charge is 0.352 e. The third kappa shape index (κ3) is 5.45. The van der Waals surface area contributed by atoms with Crippen molar-refractivity contribution in [2.24, 2.45) is 11.7 Å². The molecule has 1 atom stereocenters. The lowest BCUT2D eigenvalue weighted by Gasteiger charge is -2.12. The Labute approximate surface area is 126 Å². The minimum Gasteiger partial charge on any atom is -0.352 e. The van der Waals surface area contributed by atoms with Crippen LogP contribution in [0.25, 0.3) is 0 Å². The standard InChI is InChI=1S/C14H23N3O3S/c1-10(2)17-21(19,20)13-6-4-5-12(7-13)14(18)16-9-11(3)8-15/h4-7,10-11,17H,8-9,15H2,1-3H3,(H,16,18). The fourth-order valence-corrected chi connectivity index (χ4v) is 2.93. The van der Waals surface area contributed by atoms with Crippen molar-refractivity contribution >= 4 is 15.9 Å². The molecule has 0 aliphatic rings. The normalized spacial score (nSPS) is 13.2. The van der Waals surface area contributed by atoms with Crippen molar-refractivity contribution in [1.29, 1.82) is 0 Å². The van der Waals surface area contributed by atoms with Crippen LogP contribution in [0.4, 0.5) is 0 Å². The molecular weight excluding hydrogens is 290 g/mol. The van der Waals surface area contributed by atoms with Crippen LogP contribution < -0.4 is 15.8 Å². The molecule has 1 rings (SSSR count). The van der Waals surface area contributed by atoms with Crippen molar-refractivity contribution in [3.63, 3.8) is 0 Å². The van der Waals surface area contributed by atoms with Crippen molar-refractivity contribution in [1.82, 2.24) is 10.0 Å². The summed E-state index contributed by atoms with van der Waals surface area (Å²) in [6.07, 6.45) is 0. The molecule has 6 nitrogen and oxygen atoms in total. The van der Waals surface area contributed by atoms with E-state index in [9.17, 15) is 13.2 Å². The maximum Gasteiger partial charge on any atom is 0.251 e. The number of sulfonamides is 1. The van der Waals surface area contributed by atoms with Gasteiger partial charge >= 0.3 is 0 Å². The van der Waals surface area contributed by atoms with Gasteiger partial charge in [0.1, 0.15) is 0 Å². The third-order valence-corrected chi connectivity index (χ3v) is 4.47. The molecular formula is C14H23N3O3S. The topological polar surface area (TPSA) is 101 Å². The Morgan fingerprint density at radius 1 is 1.29 bits per heavy atom. The minimum atomic E-state index is -3.60. The number of nitrogens with one attached hydrogen (secondary N) is 2. The zero-order valence-electron chi connectivity index (χ0n) is 12.6. The average Bonchev–Trinajstić information content (AvgIpc) is 2.43. The summed E-state index contributed by atoms with van der Waals surface area (Å²) in [6, 6.07) is 5.75. The quantitative estimate of drug-likeness (QED) is 0.689. The molecule has 4 N–H and O–H groups in total. The molecule has 0 spiro atoms. The van der Waals surface area contributed by atoms with Gasteiger partial charge in [-0.15, -0.1) is 0 Å². The molecule has 7 heteroatoms. The van der Waals surface area contributed by atoms with Gasteiger partial charge in [0.2, 0.25) is 10.0 Å². The Hall–Kier alpha value is -1.44. The molecule has 1 aromatic rings. The van der Waals surface area contributed by atoms with Gasteiger partial charge in [0, 0.05) is 18.2 Å². The van der Waals surface area contributed by atoms with Crippen molar-refractivity contribution in [2.75, 3.05) is 13.1 Å². The highest BCUT2D eigenvalue weighted by Gasteiger charge is 2.17. The SMILES string of the molecule is CC(CN)CNC(=O)c1cccc(S(=O)(=O)NC(C)C)c1. The van der Waals surface area contributed by atoms with Crippen molar-refractivity contribution in [2.45, 2.75) is 31.7 Å². The predicted molar refractivity (Wildman–Crippen MR) is 82.5 cm³/mol. The number of rotatable bonds is 7. The van der Waals surface area contributed by atoms with E-state index in [2.05, 4.69) is 10.0 Å². The first-order valence-electron chi connectivity index (χ1n) is 6.87. The molecule has 0 fully saturated rings. The Bertz CT molecular complexity index is 585. The smallest absolute Gasteiger partial charge is 0.251 e. The zero-order chi connectivity index (χ0) is 16.0. The number of nitrogens with two attached hydrogens (primary N) is 1. The molecule has 1 unspecified atom stereocenters. The highest BCUT2D eigenvalue weighted by atomic mass is 32.2. The van der Waals surface area contributed by atoms with Crippen LogP contribution in [-0.4, -0.2) is 33.5 Å². The van der Waals surface area contributed by atoms with Gasteiger partial charge in [-0.2, -0.15) is 0 Å². The number of hydrogen-bond acceptors (Lipinski definition) is 4. The Kier molecular flexibility index (Phi) is 6.32. The molecule has 0 aromatic heterocycles. The van der Waals surface area contributed by atoms with E-state index in [1.165, 1.54) is 12.1 Å². The highest BCUT2D eigenvalue weighted by Crippen LogP contribution is 2.12. The second kappa shape index (κ2) is 7.53. The first-order chi connectivity index (χ1) is 9.76. The molecule has 118 valence electrons. The third-order valence-electron chi connectivity index (χ3n) is 2.81. The molecule has 0 aliphatic heterocycles. The predicted octanol–water partition coefficient (Wildman–Crippen LogP) is 0.698. The summed E-state index contributed by atoms with van der Waals surface area (Å²) in [5.41, 5.74) is 5.80. The van der Waals surface area contributed by atoms with E-state index in [0.29, 0.717) is 18.7 Å². The van der Waals surface area contributed by atoms with Gasteiger partial charge in [-0.05, 0) is 44.5 Å². The summed E-state index contributed by atoms with van der Waals surface area (Å²) >= 11 is 0. The number of amides is 1. The van der Waals surface area contributed by atoms with Crippen LogP contribution in [0.2, 0.25) is 0 Å². The van der Waals surface area contributed by atoms with Gasteiger partial charge in [-0.25, -0.2) is 13.1 Å². The van der Waals surface area contributed by atoms with E-state index in [-0.39, 0.29) is 22.8 Å². The second-order valence-corrected chi connectivity index (χ2v) is 7.07. The molecule has 0 saturated heterocycles. The van der Waals surface area contributed by atoms with E-state index in [0.717, 1.165) is 0 Å². The molecule has 0 heterocycles. The number of carbonyl (C=O) groups excluding carboxylic acids is 1. The van der Waals surface area contributed by atoms with Crippen LogP contribution in [0.5, 0.6) is 0 Å². The Balaban J connectivity index is 2.88. The molecule has 1 amide bonds. The lowest BCUT2D eigenvalue weighted by Crippen LogP contribution is -2.32. The first-order valence-corrected chi connectivity index (χ1v) is 8.35. The van der Waals surface area contributed by atoms with E-state index in [1.807, 2.05) is 6.92 Å². The molecule has 21 heavy (non-hydrogen) atoms. The van der Waals surface area contributed by atoms with Crippen LogP contribution in [0.3, 0.4) is 0 Å². The first kappa shape index (κ1) is 17.6. The van der Waals surface area contributed by atoms with Crippen molar-refractivity contribution in [3.8, 4) is 0 Å². The second-order valence-electron chi connectivity index (χ2n) is 5.35. The Morgan fingerprint density at radius 3 is 2.52 bits per heavy atom. The van der Waals surface area contributed by atoms with Crippen molar-refractivity contribution in [3.05, 3.63) is 29.8 Å². The lowest BCUT2D eigenvalue weighted by molar-refractivity contribution is 0.0948. The van der Waals surface area contributed by atoms with Crippen LogP contribution in [0, 0.1) is 5.92 Å². The van der Waals surface area contributed by atoms with E-state index in [4.69, 9.17) is 5.73 Å². The minimum absolute atomic E-state index is 0.0794. The van der Waals surface area contributed by atoms with Gasteiger partial charge < -0.3 is 11.1 Å². The van der Waals surface area contributed by atoms with Crippen LogP contribution in [0.15, 0.2) is 29.2 Å². The summed E-state index contributed by atoms with van der Waals surface area (Å²) in [4.78, 5) is 12.1. The fourth-order valence-electron chi connectivity index (χ4n) is 1.64. The number of carbonyl (C=O) groups is 1. The zero-order valence-corrected chi connectivity index (χ0v) is 13.4. The van der Waals surface area contributed by atoms with Gasteiger partial charge in [-0.3, -0.25) is 4.79 Å². The van der Waals surface area contributed by atoms with Gasteiger partial charge in [0.15, 0.2) is 0 Å². The highest BCUT2D eigenvalue weighted by molar-refractivity contribution is 7.89. The molecule has 1 aromatic carbocycles. The summed E-state index contributed by atoms with van der Waals surface area (Å²) < 4.78 is 26.6. The van der Waals surface area contributed by atoms with E-state index in [1.54, 1.807) is 26.0 Å². The number of benzene rings is 1. The molecule has 0 radical (unpaired) electrons. The summed E-state index contributed by atoms with van der Waals surface area (Å²) in [7, 11) is -3.60. The van der Waals surface area contributed by atoms with E-state index >= 15 is 0 Å². The monoisotopic (exact) mass is 313 g/mol.